The van der Waals surface area contributed by atoms with E-state index in [0.717, 1.165) is 37.9 Å². The van der Waals surface area contributed by atoms with Crippen molar-refractivity contribution in [3.63, 3.8) is 0 Å². The van der Waals surface area contributed by atoms with Crippen molar-refractivity contribution < 1.29 is 15.0 Å². The first-order chi connectivity index (χ1) is 13.2. The topological polar surface area (TPSA) is 112 Å². The second-order valence-electron chi connectivity index (χ2n) is 6.86. The van der Waals surface area contributed by atoms with Gasteiger partial charge >= 0.3 is 0 Å². The molecule has 1 heterocycles. The summed E-state index contributed by atoms with van der Waals surface area (Å²) in [5.74, 6) is 0.714. The minimum Gasteiger partial charge on any atom is -0.396 e. The number of unbranched alkanes of at least 4 members (excludes halogenated alkanes) is 2. The molecule has 1 fully saturated rings. The van der Waals surface area contributed by atoms with Gasteiger partial charge in [-0.15, -0.1) is 5.10 Å². The predicted molar refractivity (Wildman–Crippen MR) is 103 cm³/mol. The van der Waals surface area contributed by atoms with Crippen molar-refractivity contribution in [2.24, 2.45) is 11.8 Å². The van der Waals surface area contributed by atoms with Gasteiger partial charge in [0, 0.05) is 31.3 Å². The fourth-order valence-electron chi connectivity index (χ4n) is 3.32. The fraction of sp³-hybridized carbons (Fsp3) is 0.600. The molecule has 0 saturated heterocycles. The molecule has 0 aromatic carbocycles. The van der Waals surface area contributed by atoms with Gasteiger partial charge in [-0.05, 0) is 49.0 Å². The van der Waals surface area contributed by atoms with Crippen LogP contribution in [0, 0.1) is 11.8 Å². The van der Waals surface area contributed by atoms with Crippen LogP contribution in [0.3, 0.4) is 0 Å². The molecule has 27 heavy (non-hydrogen) atoms. The van der Waals surface area contributed by atoms with E-state index in [4.69, 9.17) is 5.11 Å². The van der Waals surface area contributed by atoms with Crippen LogP contribution in [0.15, 0.2) is 36.5 Å². The van der Waals surface area contributed by atoms with Crippen molar-refractivity contribution in [1.82, 2.24) is 20.6 Å². The summed E-state index contributed by atoms with van der Waals surface area (Å²) in [6, 6.07) is 0. The Labute approximate surface area is 160 Å². The van der Waals surface area contributed by atoms with Crippen molar-refractivity contribution in [3.8, 4) is 0 Å². The van der Waals surface area contributed by atoms with E-state index < -0.39 is 6.10 Å². The molecule has 0 radical (unpaired) electrons. The number of aryl methyl sites for hydroxylation is 1. The number of nitrogens with zero attached hydrogens (tertiary/aromatic N) is 3. The van der Waals surface area contributed by atoms with Crippen molar-refractivity contribution in [1.29, 1.82) is 0 Å². The summed E-state index contributed by atoms with van der Waals surface area (Å²) in [5.41, 5.74) is 0. The van der Waals surface area contributed by atoms with Crippen LogP contribution in [0.1, 0.15) is 50.8 Å². The smallest absolute Gasteiger partial charge is 0.148 e. The Morgan fingerprint density at radius 1 is 1.07 bits per heavy atom. The van der Waals surface area contributed by atoms with Gasteiger partial charge in [0.05, 0.1) is 6.10 Å². The van der Waals surface area contributed by atoms with Crippen molar-refractivity contribution in [2.45, 2.75) is 57.5 Å². The number of tetrazole rings is 1. The molecule has 1 aliphatic rings. The van der Waals surface area contributed by atoms with Gasteiger partial charge in [0.1, 0.15) is 11.6 Å². The largest absolute Gasteiger partial charge is 0.396 e. The first-order valence-electron chi connectivity index (χ1n) is 9.73. The Kier molecular flexibility index (Phi) is 9.65. The molecule has 0 bridgehead atoms. The minimum atomic E-state index is -0.573. The van der Waals surface area contributed by atoms with Crippen LogP contribution in [0.5, 0.6) is 0 Å². The van der Waals surface area contributed by atoms with Gasteiger partial charge in [-0.2, -0.15) is 0 Å². The number of carbonyl (C=O) groups excluding carboxylic acids is 1. The Balaban J connectivity index is 1.71. The maximum atomic E-state index is 12.2. The van der Waals surface area contributed by atoms with Crippen LogP contribution < -0.4 is 0 Å². The van der Waals surface area contributed by atoms with Gasteiger partial charge in [0.2, 0.25) is 0 Å². The molecule has 7 heteroatoms. The van der Waals surface area contributed by atoms with E-state index in [1.54, 1.807) is 0 Å². The normalized spacial score (nSPS) is 23.5. The number of aliphatic hydroxyl groups excluding tert-OH is 2. The second kappa shape index (κ2) is 12.3. The lowest BCUT2D eigenvalue weighted by Gasteiger charge is -2.15. The average Bonchev–Trinajstić information content (AvgIpc) is 3.26. The zero-order valence-corrected chi connectivity index (χ0v) is 15.7. The van der Waals surface area contributed by atoms with Crippen LogP contribution in [-0.2, 0) is 11.2 Å². The monoisotopic (exact) mass is 374 g/mol. The molecular weight excluding hydrogens is 344 g/mol. The summed E-state index contributed by atoms with van der Waals surface area (Å²) in [5, 5.41) is 32.6. The molecule has 1 saturated carbocycles. The van der Waals surface area contributed by atoms with Gasteiger partial charge < -0.3 is 10.2 Å². The van der Waals surface area contributed by atoms with E-state index in [9.17, 15) is 9.90 Å². The first kappa shape index (κ1) is 21.2. The molecule has 0 spiro atoms. The molecule has 0 amide bonds. The lowest BCUT2D eigenvalue weighted by atomic mass is 9.90. The SMILES string of the molecule is O=C1C[C@H](O)[C@H](/C=C/CC/C=C\CCO)[C@@H]1C/C=C\CCCc1nnn[nH]1. The summed E-state index contributed by atoms with van der Waals surface area (Å²) < 4.78 is 0. The zero-order chi connectivity index (χ0) is 19.3. The number of H-pyrrole nitrogens is 1. The Hall–Kier alpha value is -2.12. The summed E-state index contributed by atoms with van der Waals surface area (Å²) in [6.45, 7) is 0.176. The molecule has 0 unspecified atom stereocenters. The van der Waals surface area contributed by atoms with Gasteiger partial charge in [0.15, 0.2) is 0 Å². The van der Waals surface area contributed by atoms with E-state index in [0.29, 0.717) is 12.8 Å². The Morgan fingerprint density at radius 2 is 1.85 bits per heavy atom. The number of ketones is 1. The Bertz CT molecular complexity index is 625. The van der Waals surface area contributed by atoms with Gasteiger partial charge in [-0.25, -0.2) is 5.10 Å². The number of Topliss-reactive ketones (excluding diaryl/α,β-unsaturated/α-hetero) is 1. The van der Waals surface area contributed by atoms with E-state index in [1.807, 2.05) is 18.2 Å². The summed E-state index contributed by atoms with van der Waals surface area (Å²) >= 11 is 0. The maximum absolute atomic E-state index is 12.2. The molecule has 3 atom stereocenters. The Morgan fingerprint density at radius 3 is 2.63 bits per heavy atom. The van der Waals surface area contributed by atoms with Crippen molar-refractivity contribution >= 4 is 5.78 Å². The first-order valence-corrected chi connectivity index (χ1v) is 9.73. The van der Waals surface area contributed by atoms with E-state index >= 15 is 0 Å². The third-order valence-corrected chi connectivity index (χ3v) is 4.78. The number of aromatic nitrogens is 4. The highest BCUT2D eigenvalue weighted by molar-refractivity contribution is 5.84. The van der Waals surface area contributed by atoms with E-state index in [-0.39, 0.29) is 30.6 Å². The lowest BCUT2D eigenvalue weighted by Crippen LogP contribution is -2.17. The highest BCUT2D eigenvalue weighted by Gasteiger charge is 2.38. The lowest BCUT2D eigenvalue weighted by molar-refractivity contribution is -0.121. The number of aromatic amines is 1. The minimum absolute atomic E-state index is 0.0937. The number of carbonyl (C=O) groups is 1. The van der Waals surface area contributed by atoms with Crippen molar-refractivity contribution in [3.05, 3.63) is 42.3 Å². The zero-order valence-electron chi connectivity index (χ0n) is 15.7. The quantitative estimate of drug-likeness (QED) is 0.382. The number of nitrogens with one attached hydrogen (secondary N) is 1. The molecule has 1 aliphatic carbocycles. The van der Waals surface area contributed by atoms with Crippen LogP contribution in [0.25, 0.3) is 0 Å². The molecular formula is C20H30N4O3. The van der Waals surface area contributed by atoms with Crippen LogP contribution >= 0.6 is 0 Å². The van der Waals surface area contributed by atoms with Crippen molar-refractivity contribution in [2.75, 3.05) is 6.61 Å². The number of allylic oxidation sites excluding steroid dienone is 4. The van der Waals surface area contributed by atoms with E-state index in [2.05, 4.69) is 38.9 Å². The third kappa shape index (κ3) is 7.56. The fourth-order valence-corrected chi connectivity index (χ4v) is 3.32. The van der Waals surface area contributed by atoms with Crippen LogP contribution in [-0.4, -0.2) is 49.3 Å². The third-order valence-electron chi connectivity index (χ3n) is 4.78. The number of aliphatic hydroxyl groups is 2. The molecule has 7 nitrogen and oxygen atoms in total. The standard InChI is InChI=1S/C20H30N4O3/c25-14-10-6-2-1-3-7-11-16-17(19(27)15-18(16)26)12-8-4-5-9-13-20-21-23-24-22-20/h2,4,6-8,11,16-18,25-26H,1,3,5,9-10,12-15H2,(H,21,22,23,24)/b6-2-,8-4-,11-7+/t16-,17+,18+/m1/s1. The summed E-state index contributed by atoms with van der Waals surface area (Å²) in [7, 11) is 0. The molecule has 2 rings (SSSR count). The highest BCUT2D eigenvalue weighted by Crippen LogP contribution is 2.33. The number of rotatable bonds is 12. The van der Waals surface area contributed by atoms with E-state index in [1.165, 1.54) is 0 Å². The second-order valence-corrected chi connectivity index (χ2v) is 6.86. The molecule has 1 aromatic heterocycles. The molecule has 148 valence electrons. The maximum Gasteiger partial charge on any atom is 0.148 e. The highest BCUT2D eigenvalue weighted by atomic mass is 16.3. The summed E-state index contributed by atoms with van der Waals surface area (Å²) in [6.07, 6.45) is 17.7. The number of hydrogen-bond acceptors (Lipinski definition) is 6. The molecule has 0 aliphatic heterocycles. The van der Waals surface area contributed by atoms with Crippen LogP contribution in [0.2, 0.25) is 0 Å². The summed E-state index contributed by atoms with van der Waals surface area (Å²) in [4.78, 5) is 12.2. The van der Waals surface area contributed by atoms with Gasteiger partial charge in [-0.3, -0.25) is 4.79 Å². The van der Waals surface area contributed by atoms with Gasteiger partial charge in [0.25, 0.3) is 0 Å². The predicted octanol–water partition coefficient (Wildman–Crippen LogP) is 2.31. The average molecular weight is 374 g/mol. The molecule has 3 N–H and O–H groups in total. The van der Waals surface area contributed by atoms with Gasteiger partial charge in [-0.1, -0.05) is 36.5 Å². The van der Waals surface area contributed by atoms with Crippen LogP contribution in [0.4, 0.5) is 0 Å². The number of hydrogen-bond donors (Lipinski definition) is 3. The molecule has 1 aromatic rings.